The molecule has 0 bridgehead atoms. The molecule has 0 aliphatic heterocycles. The zero-order valence-electron chi connectivity index (χ0n) is 14.5. The fourth-order valence-corrected chi connectivity index (χ4v) is 2.38. The molecule has 0 saturated heterocycles. The molecule has 0 aliphatic carbocycles. The number of aromatic carboxylic acids is 1. The highest BCUT2D eigenvalue weighted by Gasteiger charge is 2.14. The minimum atomic E-state index is -1.00. The zero-order valence-corrected chi connectivity index (χ0v) is 14.5. The number of carboxylic acid groups (broad SMARTS) is 2. The van der Waals surface area contributed by atoms with E-state index in [1.807, 2.05) is 0 Å². The van der Waals surface area contributed by atoms with Crippen LogP contribution < -0.4 is 15.8 Å². The van der Waals surface area contributed by atoms with Gasteiger partial charge in [0.2, 0.25) is 0 Å². The molecule has 0 aliphatic rings. The van der Waals surface area contributed by atoms with Crippen LogP contribution in [-0.4, -0.2) is 40.6 Å². The average Bonchev–Trinajstić information content (AvgIpc) is 2.64. The number of benzene rings is 2. The van der Waals surface area contributed by atoms with Crippen LogP contribution in [-0.2, 0) is 11.3 Å². The summed E-state index contributed by atoms with van der Waals surface area (Å²) < 4.78 is 5.64. The van der Waals surface area contributed by atoms with Crippen molar-refractivity contribution >= 4 is 17.8 Å². The summed E-state index contributed by atoms with van der Waals surface area (Å²) in [5.41, 5.74) is 6.99. The van der Waals surface area contributed by atoms with Crippen LogP contribution in [0.25, 0.3) is 0 Å². The smallest absolute Gasteiger partial charge is 0.335 e. The molecule has 0 spiro atoms. The summed E-state index contributed by atoms with van der Waals surface area (Å²) in [6, 6.07) is 12.6. The highest BCUT2D eigenvalue weighted by atomic mass is 16.5. The number of rotatable bonds is 10. The van der Waals surface area contributed by atoms with Gasteiger partial charge in [0.05, 0.1) is 18.0 Å². The van der Waals surface area contributed by atoms with Crippen LogP contribution in [0.15, 0.2) is 48.5 Å². The van der Waals surface area contributed by atoms with Gasteiger partial charge in [-0.05, 0) is 29.8 Å². The summed E-state index contributed by atoms with van der Waals surface area (Å²) in [4.78, 5) is 22.0. The highest BCUT2D eigenvalue weighted by Crippen LogP contribution is 2.14. The maximum atomic E-state index is 11.1. The summed E-state index contributed by atoms with van der Waals surface area (Å²) in [6.07, 6.45) is -0.139. The summed E-state index contributed by atoms with van der Waals surface area (Å²) in [5.74, 6) is -1.55. The number of aliphatic carboxylic acids is 1. The molecule has 142 valence electrons. The second kappa shape index (κ2) is 9.35. The van der Waals surface area contributed by atoms with E-state index in [1.54, 1.807) is 36.4 Å². The first-order valence-electron chi connectivity index (χ1n) is 8.20. The molecule has 0 radical (unpaired) electrons. The topological polar surface area (TPSA) is 146 Å². The van der Waals surface area contributed by atoms with Crippen LogP contribution in [0.2, 0.25) is 0 Å². The number of nitrogens with two attached hydrogens (primary N) is 1. The van der Waals surface area contributed by atoms with E-state index in [0.29, 0.717) is 17.9 Å². The number of carboxylic acids is 2. The van der Waals surface area contributed by atoms with Crippen molar-refractivity contribution in [2.75, 3.05) is 6.61 Å². The number of hydrogen-bond acceptors (Lipinski definition) is 5. The fraction of sp³-hybridized carbons (Fsp3) is 0.211. The van der Waals surface area contributed by atoms with Crippen molar-refractivity contribution in [1.82, 2.24) is 5.32 Å². The molecule has 0 heterocycles. The van der Waals surface area contributed by atoms with Crippen molar-refractivity contribution in [3.63, 3.8) is 0 Å². The second-order valence-electron chi connectivity index (χ2n) is 5.93. The number of nitrogen functional groups attached to an aromatic ring is 1. The Labute approximate surface area is 156 Å². The lowest BCUT2D eigenvalue weighted by Crippen LogP contribution is -2.36. The molecule has 1 atom stereocenters. The minimum Gasteiger partial charge on any atom is -0.492 e. The van der Waals surface area contributed by atoms with Gasteiger partial charge in [0.25, 0.3) is 0 Å². The third-order valence-electron chi connectivity index (χ3n) is 3.81. The van der Waals surface area contributed by atoms with E-state index < -0.39 is 18.0 Å². The number of ether oxygens (including phenoxy) is 1. The van der Waals surface area contributed by atoms with Gasteiger partial charge in [-0.25, -0.2) is 4.79 Å². The first kappa shape index (κ1) is 19.9. The van der Waals surface area contributed by atoms with Crippen molar-refractivity contribution in [2.45, 2.75) is 19.0 Å². The van der Waals surface area contributed by atoms with Gasteiger partial charge in [0, 0.05) is 12.1 Å². The predicted octanol–water partition coefficient (Wildman–Crippen LogP) is 1.68. The van der Waals surface area contributed by atoms with Crippen molar-refractivity contribution in [3.8, 4) is 5.75 Å². The van der Waals surface area contributed by atoms with Crippen LogP contribution in [0.1, 0.15) is 27.9 Å². The van der Waals surface area contributed by atoms with E-state index in [9.17, 15) is 9.59 Å². The Balaban J connectivity index is 1.96. The first-order valence-corrected chi connectivity index (χ1v) is 8.20. The Hall–Kier alpha value is -3.39. The van der Waals surface area contributed by atoms with Gasteiger partial charge in [-0.3, -0.25) is 10.2 Å². The highest BCUT2D eigenvalue weighted by molar-refractivity contribution is 5.95. The van der Waals surface area contributed by atoms with E-state index in [0.717, 1.165) is 5.56 Å². The molecule has 8 heteroatoms. The lowest BCUT2D eigenvalue weighted by molar-refractivity contribution is -0.137. The second-order valence-corrected chi connectivity index (χ2v) is 5.93. The van der Waals surface area contributed by atoms with Gasteiger partial charge < -0.3 is 26.0 Å². The van der Waals surface area contributed by atoms with E-state index >= 15 is 0 Å². The Morgan fingerprint density at radius 3 is 2.41 bits per heavy atom. The number of nitrogens with one attached hydrogen (secondary N) is 2. The van der Waals surface area contributed by atoms with Gasteiger partial charge in [0.1, 0.15) is 18.2 Å². The molecule has 27 heavy (non-hydrogen) atoms. The van der Waals surface area contributed by atoms with Crippen LogP contribution >= 0.6 is 0 Å². The maximum absolute atomic E-state index is 11.1. The lowest BCUT2D eigenvalue weighted by atomic mass is 10.1. The van der Waals surface area contributed by atoms with Crippen LogP contribution in [0, 0.1) is 5.41 Å². The molecule has 2 rings (SSSR count). The van der Waals surface area contributed by atoms with Crippen LogP contribution in [0.5, 0.6) is 5.75 Å². The van der Waals surface area contributed by atoms with Crippen molar-refractivity contribution in [1.29, 1.82) is 5.41 Å². The Morgan fingerprint density at radius 1 is 1.11 bits per heavy atom. The van der Waals surface area contributed by atoms with Gasteiger partial charge >= 0.3 is 11.9 Å². The van der Waals surface area contributed by atoms with Gasteiger partial charge in [-0.1, -0.05) is 24.3 Å². The van der Waals surface area contributed by atoms with Crippen molar-refractivity contribution in [3.05, 3.63) is 65.2 Å². The minimum absolute atomic E-state index is 0.0783. The van der Waals surface area contributed by atoms with E-state index in [2.05, 4.69) is 5.32 Å². The monoisotopic (exact) mass is 371 g/mol. The summed E-state index contributed by atoms with van der Waals surface area (Å²) in [7, 11) is 0. The number of hydrogen-bond donors (Lipinski definition) is 5. The molecular weight excluding hydrogens is 350 g/mol. The quantitative estimate of drug-likeness (QED) is 0.315. The molecule has 2 aromatic carbocycles. The lowest BCUT2D eigenvalue weighted by Gasteiger charge is -2.18. The third kappa shape index (κ3) is 6.44. The summed E-state index contributed by atoms with van der Waals surface area (Å²) >= 11 is 0. The standard InChI is InChI=1S/C19H21N3O5/c20-18(21)14-2-1-3-16(8-14)27-11-15(9-17(23)24)22-10-12-4-6-13(7-5-12)19(25)26/h1-8,15,22H,9-11H2,(H3,20,21)(H,23,24)(H,25,26)/t15-/m1/s1. The first-order chi connectivity index (χ1) is 12.8. The third-order valence-corrected chi connectivity index (χ3v) is 3.81. The number of amidine groups is 1. The molecule has 0 fully saturated rings. The Kier molecular flexibility index (Phi) is 6.90. The Morgan fingerprint density at radius 2 is 1.81 bits per heavy atom. The molecular formula is C19H21N3O5. The molecule has 6 N–H and O–H groups in total. The normalized spacial score (nSPS) is 11.6. The van der Waals surface area contributed by atoms with E-state index in [1.165, 1.54) is 12.1 Å². The predicted molar refractivity (Wildman–Crippen MR) is 99.2 cm³/mol. The molecule has 0 aromatic heterocycles. The summed E-state index contributed by atoms with van der Waals surface area (Å²) in [6.45, 7) is 0.482. The van der Waals surface area contributed by atoms with Crippen LogP contribution in [0.4, 0.5) is 0 Å². The van der Waals surface area contributed by atoms with E-state index in [4.69, 9.17) is 26.1 Å². The molecule has 2 aromatic rings. The van der Waals surface area contributed by atoms with Crippen molar-refractivity contribution in [2.24, 2.45) is 5.73 Å². The van der Waals surface area contributed by atoms with Gasteiger partial charge in [-0.15, -0.1) is 0 Å². The SMILES string of the molecule is N=C(N)c1cccc(OC[C@@H](CC(=O)O)NCc2ccc(C(=O)O)cc2)c1. The van der Waals surface area contributed by atoms with E-state index in [-0.39, 0.29) is 24.4 Å². The largest absolute Gasteiger partial charge is 0.492 e. The molecule has 0 saturated carbocycles. The summed E-state index contributed by atoms with van der Waals surface area (Å²) in [5, 5.41) is 28.5. The molecule has 0 unspecified atom stereocenters. The van der Waals surface area contributed by atoms with Gasteiger partial charge in [0.15, 0.2) is 0 Å². The fourth-order valence-electron chi connectivity index (χ4n) is 2.38. The maximum Gasteiger partial charge on any atom is 0.335 e. The van der Waals surface area contributed by atoms with Crippen LogP contribution in [0.3, 0.4) is 0 Å². The number of carbonyl (C=O) groups is 2. The average molecular weight is 371 g/mol. The van der Waals surface area contributed by atoms with Gasteiger partial charge in [-0.2, -0.15) is 0 Å². The zero-order chi connectivity index (χ0) is 19.8. The Bertz CT molecular complexity index is 820. The molecule has 8 nitrogen and oxygen atoms in total. The van der Waals surface area contributed by atoms with Crippen molar-refractivity contribution < 1.29 is 24.5 Å². The molecule has 0 amide bonds.